The Morgan fingerprint density at radius 3 is 2.96 bits per heavy atom. The van der Waals surface area contributed by atoms with Gasteiger partial charge in [0.15, 0.2) is 0 Å². The van der Waals surface area contributed by atoms with Crippen LogP contribution in [0.2, 0.25) is 0 Å². The number of hydrogen-bond donors (Lipinski definition) is 0. The highest BCUT2D eigenvalue weighted by Gasteiger charge is 2.34. The van der Waals surface area contributed by atoms with Gasteiger partial charge in [-0.15, -0.1) is 0 Å². The number of carbonyl (C=O) groups excluding carboxylic acids is 1. The van der Waals surface area contributed by atoms with Gasteiger partial charge in [-0.25, -0.2) is 9.97 Å². The first kappa shape index (κ1) is 15.2. The van der Waals surface area contributed by atoms with Gasteiger partial charge < -0.3 is 4.90 Å². The van der Waals surface area contributed by atoms with E-state index in [9.17, 15) is 4.79 Å². The topological polar surface area (TPSA) is 69.9 Å². The molecule has 0 saturated heterocycles. The first-order valence-electron chi connectivity index (χ1n) is 7.51. The highest BCUT2D eigenvalue weighted by atomic mass is 16.2. The normalized spacial score (nSPS) is 14.3. The van der Waals surface area contributed by atoms with E-state index in [0.29, 0.717) is 5.56 Å². The maximum absolute atomic E-state index is 12.7. The zero-order valence-electron chi connectivity index (χ0n) is 13.5. The van der Waals surface area contributed by atoms with Crippen molar-refractivity contribution in [1.29, 1.82) is 5.26 Å². The van der Waals surface area contributed by atoms with Crippen LogP contribution in [-0.2, 0) is 11.8 Å². The monoisotopic (exact) mass is 306 g/mol. The molecule has 0 bridgehead atoms. The number of nitrogens with zero attached hydrogens (tertiary/aromatic N) is 4. The summed E-state index contributed by atoms with van der Waals surface area (Å²) < 4.78 is 0. The molecule has 1 aliphatic carbocycles. The lowest BCUT2D eigenvalue weighted by molar-refractivity contribution is 0.0810. The van der Waals surface area contributed by atoms with Crippen LogP contribution in [0.25, 0.3) is 11.3 Å². The highest BCUT2D eigenvalue weighted by Crippen LogP contribution is 2.42. The molecular formula is C18H18N4O. The second-order valence-corrected chi connectivity index (χ2v) is 6.50. The van der Waals surface area contributed by atoms with Crippen molar-refractivity contribution < 1.29 is 4.79 Å². The Labute approximate surface area is 135 Å². The van der Waals surface area contributed by atoms with E-state index >= 15 is 0 Å². The summed E-state index contributed by atoms with van der Waals surface area (Å²) in [6, 6.07) is 7.71. The molecule has 0 aliphatic heterocycles. The number of carbonyl (C=O) groups is 1. The van der Waals surface area contributed by atoms with E-state index in [2.05, 4.69) is 23.8 Å². The molecule has 116 valence electrons. The minimum absolute atomic E-state index is 0.0741. The van der Waals surface area contributed by atoms with Crippen molar-refractivity contribution in [2.24, 2.45) is 0 Å². The molecule has 23 heavy (non-hydrogen) atoms. The fourth-order valence-corrected chi connectivity index (χ4v) is 3.16. The van der Waals surface area contributed by atoms with Gasteiger partial charge in [0.2, 0.25) is 0 Å². The van der Waals surface area contributed by atoms with E-state index in [0.717, 1.165) is 28.8 Å². The number of rotatable bonds is 2. The Bertz CT molecular complexity index is 820. The third-order valence-corrected chi connectivity index (χ3v) is 4.38. The number of aromatic nitrogens is 2. The van der Waals surface area contributed by atoms with E-state index < -0.39 is 0 Å². The maximum atomic E-state index is 12.7. The molecule has 0 fully saturated rings. The fourth-order valence-electron chi connectivity index (χ4n) is 3.16. The molecule has 5 nitrogen and oxygen atoms in total. The third kappa shape index (κ3) is 2.46. The minimum atomic E-state index is -0.145. The molecule has 0 unspecified atom stereocenters. The predicted molar refractivity (Wildman–Crippen MR) is 86.8 cm³/mol. The van der Waals surface area contributed by atoms with Gasteiger partial charge in [-0.05, 0) is 23.5 Å². The summed E-state index contributed by atoms with van der Waals surface area (Å²) in [5, 5.41) is 8.82. The lowest BCUT2D eigenvalue weighted by atomic mass is 9.71. The van der Waals surface area contributed by atoms with Crippen molar-refractivity contribution in [3.8, 4) is 17.3 Å². The highest BCUT2D eigenvalue weighted by molar-refractivity contribution is 5.98. The summed E-state index contributed by atoms with van der Waals surface area (Å²) in [5.41, 5.74) is 4.48. The molecule has 1 aromatic carbocycles. The number of hydrogen-bond acceptors (Lipinski definition) is 4. The Morgan fingerprint density at radius 2 is 2.22 bits per heavy atom. The van der Waals surface area contributed by atoms with Crippen molar-refractivity contribution in [1.82, 2.24) is 14.9 Å². The average Bonchev–Trinajstić information content (AvgIpc) is 2.54. The van der Waals surface area contributed by atoms with Crippen molar-refractivity contribution in [3.05, 3.63) is 47.4 Å². The lowest BCUT2D eigenvalue weighted by Crippen LogP contribution is -2.32. The van der Waals surface area contributed by atoms with Gasteiger partial charge >= 0.3 is 0 Å². The minimum Gasteiger partial charge on any atom is -0.328 e. The van der Waals surface area contributed by atoms with Gasteiger partial charge in [0.25, 0.3) is 5.91 Å². The second kappa shape index (κ2) is 5.47. The summed E-state index contributed by atoms with van der Waals surface area (Å²) in [7, 11) is 1.65. The molecule has 1 aliphatic rings. The number of nitriles is 1. The molecule has 3 rings (SSSR count). The molecule has 0 atom stereocenters. The number of benzene rings is 1. The molecule has 1 amide bonds. The summed E-state index contributed by atoms with van der Waals surface area (Å²) in [6.45, 7) is 4.35. The average molecular weight is 306 g/mol. The first-order chi connectivity index (χ1) is 11.0. The first-order valence-corrected chi connectivity index (χ1v) is 7.51. The maximum Gasteiger partial charge on any atom is 0.254 e. The zero-order valence-corrected chi connectivity index (χ0v) is 13.5. The van der Waals surface area contributed by atoms with Crippen molar-refractivity contribution in [2.75, 3.05) is 13.6 Å². The van der Waals surface area contributed by atoms with Crippen LogP contribution < -0.4 is 0 Å². The smallest absolute Gasteiger partial charge is 0.254 e. The van der Waals surface area contributed by atoms with Crippen LogP contribution in [0.5, 0.6) is 0 Å². The molecule has 1 heterocycles. The predicted octanol–water partition coefficient (Wildman–Crippen LogP) is 2.57. The molecule has 5 heteroatoms. The van der Waals surface area contributed by atoms with Crippen molar-refractivity contribution in [3.63, 3.8) is 0 Å². The summed E-state index contributed by atoms with van der Waals surface area (Å²) in [5.74, 6) is -0.128. The van der Waals surface area contributed by atoms with Gasteiger partial charge in [0.05, 0.1) is 11.8 Å². The Kier molecular flexibility index (Phi) is 3.61. The van der Waals surface area contributed by atoms with E-state index in [1.807, 2.05) is 30.5 Å². The second-order valence-electron chi connectivity index (χ2n) is 6.50. The summed E-state index contributed by atoms with van der Waals surface area (Å²) >= 11 is 0. The van der Waals surface area contributed by atoms with Crippen LogP contribution in [0.4, 0.5) is 0 Å². The van der Waals surface area contributed by atoms with Gasteiger partial charge in [-0.1, -0.05) is 26.0 Å². The summed E-state index contributed by atoms with van der Waals surface area (Å²) in [6.07, 6.45) is 4.15. The SMILES string of the molecule is CN(CC#N)C(=O)c1cccc2c1CC(C)(C)c1cncnc1-2. The van der Waals surface area contributed by atoms with E-state index in [1.165, 1.54) is 4.90 Å². The summed E-state index contributed by atoms with van der Waals surface area (Å²) in [4.78, 5) is 22.7. The molecule has 0 saturated carbocycles. The molecule has 2 aromatic rings. The molecule has 0 spiro atoms. The van der Waals surface area contributed by atoms with Gasteiger partial charge in [-0.2, -0.15) is 5.26 Å². The Morgan fingerprint density at radius 1 is 1.43 bits per heavy atom. The molecule has 1 aromatic heterocycles. The van der Waals surface area contributed by atoms with Crippen LogP contribution in [0.15, 0.2) is 30.7 Å². The van der Waals surface area contributed by atoms with Gasteiger partial charge in [0.1, 0.15) is 12.9 Å². The van der Waals surface area contributed by atoms with E-state index in [4.69, 9.17) is 5.26 Å². The molecule has 0 radical (unpaired) electrons. The van der Waals surface area contributed by atoms with Crippen molar-refractivity contribution in [2.45, 2.75) is 25.7 Å². The standard InChI is InChI=1S/C18H18N4O/c1-18(2)9-14-12(16-15(18)10-20-11-21-16)5-4-6-13(14)17(23)22(3)8-7-19/h4-6,10-11H,8-9H2,1-3H3. The van der Waals surface area contributed by atoms with Crippen LogP contribution in [0, 0.1) is 11.3 Å². The number of amides is 1. The molecule has 0 N–H and O–H groups in total. The fraction of sp³-hybridized carbons (Fsp3) is 0.333. The van der Waals surface area contributed by atoms with Crippen LogP contribution >= 0.6 is 0 Å². The van der Waals surface area contributed by atoms with E-state index in [1.54, 1.807) is 13.4 Å². The lowest BCUT2D eigenvalue weighted by Gasteiger charge is -2.34. The van der Waals surface area contributed by atoms with Gasteiger partial charge in [-0.3, -0.25) is 4.79 Å². The largest absolute Gasteiger partial charge is 0.328 e. The van der Waals surface area contributed by atoms with E-state index in [-0.39, 0.29) is 17.9 Å². The Hall–Kier alpha value is -2.74. The quantitative estimate of drug-likeness (QED) is 0.800. The van der Waals surface area contributed by atoms with Crippen LogP contribution in [-0.4, -0.2) is 34.4 Å². The number of fused-ring (bicyclic) bond motifs is 3. The Balaban J connectivity index is 2.18. The third-order valence-electron chi connectivity index (χ3n) is 4.38. The zero-order chi connectivity index (χ0) is 16.6. The van der Waals surface area contributed by atoms with Crippen LogP contribution in [0.3, 0.4) is 0 Å². The van der Waals surface area contributed by atoms with Gasteiger partial charge in [0, 0.05) is 29.9 Å². The molecular weight excluding hydrogens is 288 g/mol. The van der Waals surface area contributed by atoms with Crippen LogP contribution in [0.1, 0.15) is 35.3 Å². The van der Waals surface area contributed by atoms with Crippen molar-refractivity contribution >= 4 is 5.91 Å².